The van der Waals surface area contributed by atoms with Crippen molar-refractivity contribution in [1.29, 1.82) is 0 Å². The van der Waals surface area contributed by atoms with Crippen LogP contribution >= 0.6 is 11.6 Å². The van der Waals surface area contributed by atoms with Crippen molar-refractivity contribution in [2.75, 3.05) is 4.90 Å². The topological polar surface area (TPSA) is 23.5 Å². The van der Waals surface area contributed by atoms with Gasteiger partial charge in [0.15, 0.2) is 0 Å². The molecule has 0 radical (unpaired) electrons. The minimum absolute atomic E-state index is 0.353. The number of nitrogens with zero attached hydrogens (tertiary/aromatic N) is 1. The second kappa shape index (κ2) is 4.78. The zero-order valence-corrected chi connectivity index (χ0v) is 11.6. The summed E-state index contributed by atoms with van der Waals surface area (Å²) in [4.78, 5) is 2.37. The lowest BCUT2D eigenvalue weighted by atomic mass is 9.94. The van der Waals surface area contributed by atoms with Gasteiger partial charge in [0.1, 0.15) is 5.75 Å². The molecule has 0 aromatic heterocycles. The van der Waals surface area contributed by atoms with Gasteiger partial charge >= 0.3 is 0 Å². The number of phenolic OH excluding ortho intramolecular Hbond substituents is 1. The summed E-state index contributed by atoms with van der Waals surface area (Å²) in [6, 6.07) is 14.0. The molecule has 1 atom stereocenters. The molecule has 0 fully saturated rings. The van der Waals surface area contributed by atoms with Gasteiger partial charge in [-0.05, 0) is 60.9 Å². The summed E-state index contributed by atoms with van der Waals surface area (Å²) < 4.78 is 0. The van der Waals surface area contributed by atoms with Gasteiger partial charge in [0, 0.05) is 23.3 Å². The molecule has 1 aliphatic heterocycles. The molecule has 2 aromatic rings. The van der Waals surface area contributed by atoms with Crippen LogP contribution in [0.15, 0.2) is 42.5 Å². The van der Waals surface area contributed by atoms with Crippen LogP contribution in [-0.2, 0) is 13.0 Å². The fourth-order valence-corrected chi connectivity index (χ4v) is 2.83. The molecule has 0 saturated carbocycles. The first-order valence-corrected chi connectivity index (χ1v) is 6.84. The minimum Gasteiger partial charge on any atom is -0.508 e. The second-order valence-corrected chi connectivity index (χ2v) is 5.55. The molecule has 1 heterocycles. The van der Waals surface area contributed by atoms with Gasteiger partial charge in [-0.25, -0.2) is 0 Å². The monoisotopic (exact) mass is 273 g/mol. The number of hydrogen-bond donors (Lipinski definition) is 1. The summed E-state index contributed by atoms with van der Waals surface area (Å²) >= 11 is 5.94. The highest BCUT2D eigenvalue weighted by Gasteiger charge is 2.23. The fraction of sp³-hybridized carbons (Fsp3) is 0.250. The zero-order chi connectivity index (χ0) is 13.4. The van der Waals surface area contributed by atoms with Crippen LogP contribution in [0.1, 0.15) is 18.1 Å². The van der Waals surface area contributed by atoms with Crippen molar-refractivity contribution < 1.29 is 5.11 Å². The molecule has 1 unspecified atom stereocenters. The summed E-state index contributed by atoms with van der Waals surface area (Å²) in [5, 5.41) is 10.3. The Labute approximate surface area is 118 Å². The van der Waals surface area contributed by atoms with Crippen LogP contribution < -0.4 is 4.90 Å². The lowest BCUT2D eigenvalue weighted by molar-refractivity contribution is 0.472. The maximum absolute atomic E-state index is 9.56. The Morgan fingerprint density at radius 3 is 2.58 bits per heavy atom. The van der Waals surface area contributed by atoms with Gasteiger partial charge in [-0.2, -0.15) is 0 Å². The number of rotatable bonds is 1. The van der Waals surface area contributed by atoms with Gasteiger partial charge in [0.2, 0.25) is 0 Å². The van der Waals surface area contributed by atoms with Crippen molar-refractivity contribution in [3.8, 4) is 5.75 Å². The molecule has 0 saturated heterocycles. The highest BCUT2D eigenvalue weighted by Crippen LogP contribution is 2.30. The first-order chi connectivity index (χ1) is 9.13. The predicted molar refractivity (Wildman–Crippen MR) is 78.9 cm³/mol. The average Bonchev–Trinajstić information content (AvgIpc) is 2.39. The Bertz CT molecular complexity index is 594. The van der Waals surface area contributed by atoms with Crippen LogP contribution in [0.5, 0.6) is 5.75 Å². The van der Waals surface area contributed by atoms with Gasteiger partial charge in [-0.1, -0.05) is 17.7 Å². The van der Waals surface area contributed by atoms with Crippen molar-refractivity contribution in [2.45, 2.75) is 25.9 Å². The number of fused-ring (bicyclic) bond motifs is 1. The Balaban J connectivity index is 1.93. The molecule has 19 heavy (non-hydrogen) atoms. The minimum atomic E-state index is 0.353. The number of hydrogen-bond acceptors (Lipinski definition) is 2. The average molecular weight is 274 g/mol. The summed E-state index contributed by atoms with van der Waals surface area (Å²) in [5.74, 6) is 0.353. The highest BCUT2D eigenvalue weighted by atomic mass is 35.5. The molecule has 1 N–H and O–H groups in total. The molecule has 2 nitrogen and oxygen atoms in total. The van der Waals surface area contributed by atoms with Crippen LogP contribution in [0, 0.1) is 0 Å². The molecule has 0 aliphatic carbocycles. The van der Waals surface area contributed by atoms with Gasteiger partial charge in [0.05, 0.1) is 0 Å². The van der Waals surface area contributed by atoms with E-state index in [1.165, 1.54) is 16.8 Å². The molecule has 3 rings (SSSR count). The quantitative estimate of drug-likeness (QED) is 0.849. The lowest BCUT2D eigenvalue weighted by Crippen LogP contribution is -2.38. The van der Waals surface area contributed by atoms with Crippen molar-refractivity contribution in [1.82, 2.24) is 0 Å². The number of benzene rings is 2. The van der Waals surface area contributed by atoms with E-state index in [4.69, 9.17) is 11.6 Å². The van der Waals surface area contributed by atoms with E-state index in [9.17, 15) is 5.11 Å². The standard InChI is InChI=1S/C16H16ClNO/c1-11-8-13-9-16(19)7-2-12(13)10-18(11)15-5-3-14(17)4-6-15/h2-7,9,11,19H,8,10H2,1H3. The molecular weight excluding hydrogens is 258 g/mol. The number of anilines is 1. The van der Waals surface area contributed by atoms with Crippen LogP contribution in [0.4, 0.5) is 5.69 Å². The maximum Gasteiger partial charge on any atom is 0.115 e. The van der Waals surface area contributed by atoms with E-state index in [0.29, 0.717) is 11.8 Å². The van der Waals surface area contributed by atoms with Crippen molar-refractivity contribution in [2.24, 2.45) is 0 Å². The lowest BCUT2D eigenvalue weighted by Gasteiger charge is -2.36. The largest absolute Gasteiger partial charge is 0.508 e. The van der Waals surface area contributed by atoms with Gasteiger partial charge < -0.3 is 10.0 Å². The number of halogens is 1. The molecular formula is C16H16ClNO. The van der Waals surface area contributed by atoms with Crippen LogP contribution in [0.2, 0.25) is 5.02 Å². The van der Waals surface area contributed by atoms with Crippen molar-refractivity contribution in [3.63, 3.8) is 0 Å². The number of phenols is 1. The number of aromatic hydroxyl groups is 1. The van der Waals surface area contributed by atoms with E-state index < -0.39 is 0 Å². The second-order valence-electron chi connectivity index (χ2n) is 5.11. The van der Waals surface area contributed by atoms with Crippen LogP contribution in [0.3, 0.4) is 0 Å². The molecule has 2 aromatic carbocycles. The Morgan fingerprint density at radius 1 is 1.11 bits per heavy atom. The molecule has 0 bridgehead atoms. The normalized spacial score (nSPS) is 18.2. The first kappa shape index (κ1) is 12.4. The Morgan fingerprint density at radius 2 is 1.84 bits per heavy atom. The van der Waals surface area contributed by atoms with Crippen molar-refractivity contribution in [3.05, 3.63) is 58.6 Å². The Hall–Kier alpha value is -1.67. The molecule has 3 heteroatoms. The van der Waals surface area contributed by atoms with Gasteiger partial charge in [-0.3, -0.25) is 0 Å². The highest BCUT2D eigenvalue weighted by molar-refractivity contribution is 6.30. The first-order valence-electron chi connectivity index (χ1n) is 6.46. The van der Waals surface area contributed by atoms with Crippen LogP contribution in [-0.4, -0.2) is 11.1 Å². The third-order valence-corrected chi connectivity index (χ3v) is 3.99. The SMILES string of the molecule is CC1Cc2cc(O)ccc2CN1c1ccc(Cl)cc1. The molecule has 98 valence electrons. The molecule has 1 aliphatic rings. The fourth-order valence-electron chi connectivity index (χ4n) is 2.70. The van der Waals surface area contributed by atoms with E-state index in [-0.39, 0.29) is 0 Å². The predicted octanol–water partition coefficient (Wildman–Crippen LogP) is 4.00. The van der Waals surface area contributed by atoms with Gasteiger partial charge in [0.25, 0.3) is 0 Å². The molecule has 0 amide bonds. The third kappa shape index (κ3) is 2.41. The summed E-state index contributed by atoms with van der Waals surface area (Å²) in [5.41, 5.74) is 3.72. The Kier molecular flexibility index (Phi) is 3.11. The smallest absolute Gasteiger partial charge is 0.115 e. The van der Waals surface area contributed by atoms with E-state index in [1.807, 2.05) is 24.3 Å². The van der Waals surface area contributed by atoms with E-state index in [2.05, 4.69) is 24.0 Å². The van der Waals surface area contributed by atoms with Crippen molar-refractivity contribution >= 4 is 17.3 Å². The summed E-state index contributed by atoms with van der Waals surface area (Å²) in [7, 11) is 0. The van der Waals surface area contributed by atoms with Gasteiger partial charge in [-0.15, -0.1) is 0 Å². The zero-order valence-electron chi connectivity index (χ0n) is 10.8. The third-order valence-electron chi connectivity index (χ3n) is 3.74. The summed E-state index contributed by atoms with van der Waals surface area (Å²) in [6.45, 7) is 3.08. The van der Waals surface area contributed by atoms with E-state index >= 15 is 0 Å². The van der Waals surface area contributed by atoms with E-state index in [1.54, 1.807) is 6.07 Å². The van der Waals surface area contributed by atoms with E-state index in [0.717, 1.165) is 18.0 Å². The van der Waals surface area contributed by atoms with Crippen LogP contribution in [0.25, 0.3) is 0 Å². The summed E-state index contributed by atoms with van der Waals surface area (Å²) in [6.07, 6.45) is 0.951. The maximum atomic E-state index is 9.56. The molecule has 0 spiro atoms.